The molecule has 0 saturated carbocycles. The lowest BCUT2D eigenvalue weighted by atomic mass is 10.1. The minimum Gasteiger partial charge on any atom is -0.350 e. The minimum atomic E-state index is -0.0428. The maximum atomic E-state index is 11.7. The first kappa shape index (κ1) is 11.4. The third-order valence-electron chi connectivity index (χ3n) is 2.40. The van der Waals surface area contributed by atoms with Gasteiger partial charge in [0.15, 0.2) is 0 Å². The predicted molar refractivity (Wildman–Crippen MR) is 66.6 cm³/mol. The normalized spacial score (nSPS) is 10.5. The van der Waals surface area contributed by atoms with Gasteiger partial charge in [-0.25, -0.2) is 0 Å². The van der Waals surface area contributed by atoms with E-state index in [2.05, 4.69) is 15.5 Å². The summed E-state index contributed by atoms with van der Waals surface area (Å²) in [5.74, 6) is -0.0428. The molecule has 0 atom stereocenters. The van der Waals surface area contributed by atoms with Crippen molar-refractivity contribution in [2.24, 2.45) is 0 Å². The number of carbonyl (C=O) groups excluding carboxylic acids is 1. The summed E-state index contributed by atoms with van der Waals surface area (Å²) in [6, 6.07) is 7.62. The van der Waals surface area contributed by atoms with E-state index in [0.717, 1.165) is 11.1 Å². The van der Waals surface area contributed by atoms with Crippen LogP contribution in [0.3, 0.4) is 0 Å². The Bertz CT molecular complexity index is 486. The van der Waals surface area contributed by atoms with Crippen molar-refractivity contribution in [2.75, 3.05) is 0 Å². The van der Waals surface area contributed by atoms with Crippen molar-refractivity contribution in [3.05, 3.63) is 42.2 Å². The van der Waals surface area contributed by atoms with Crippen LogP contribution in [0, 0.1) is 0 Å². The van der Waals surface area contributed by atoms with Crippen molar-refractivity contribution in [3.63, 3.8) is 0 Å². The molecule has 0 fully saturated rings. The van der Waals surface area contributed by atoms with Gasteiger partial charge in [-0.2, -0.15) is 5.10 Å². The number of nitrogens with one attached hydrogen (secondary N) is 2. The van der Waals surface area contributed by atoms with Gasteiger partial charge in [0, 0.05) is 23.4 Å². The SMILES string of the molecule is CC(C)NC(=O)c1ccc(-c2cn[nH]c2)cc1. The summed E-state index contributed by atoms with van der Waals surface area (Å²) in [7, 11) is 0. The molecule has 0 aliphatic rings. The number of aromatic amines is 1. The van der Waals surface area contributed by atoms with Crippen molar-refractivity contribution in [3.8, 4) is 11.1 Å². The lowest BCUT2D eigenvalue weighted by Crippen LogP contribution is -2.29. The van der Waals surface area contributed by atoms with Crippen LogP contribution >= 0.6 is 0 Å². The van der Waals surface area contributed by atoms with Crippen molar-refractivity contribution >= 4 is 5.91 Å². The summed E-state index contributed by atoms with van der Waals surface area (Å²) in [4.78, 5) is 11.7. The van der Waals surface area contributed by atoms with Crippen LogP contribution in [-0.2, 0) is 0 Å². The van der Waals surface area contributed by atoms with E-state index in [9.17, 15) is 4.79 Å². The minimum absolute atomic E-state index is 0.0428. The first-order valence-electron chi connectivity index (χ1n) is 5.57. The molecule has 2 aromatic rings. The van der Waals surface area contributed by atoms with Crippen molar-refractivity contribution in [1.29, 1.82) is 0 Å². The molecule has 0 aliphatic carbocycles. The molecule has 4 nitrogen and oxygen atoms in total. The number of aromatic nitrogens is 2. The summed E-state index contributed by atoms with van der Waals surface area (Å²) in [6.45, 7) is 3.88. The smallest absolute Gasteiger partial charge is 0.251 e. The van der Waals surface area contributed by atoms with Crippen LogP contribution in [0.5, 0.6) is 0 Å². The van der Waals surface area contributed by atoms with E-state index in [1.54, 1.807) is 6.20 Å². The highest BCUT2D eigenvalue weighted by molar-refractivity contribution is 5.94. The molecule has 0 saturated heterocycles. The van der Waals surface area contributed by atoms with E-state index in [-0.39, 0.29) is 11.9 Å². The van der Waals surface area contributed by atoms with E-state index < -0.39 is 0 Å². The molecule has 1 amide bonds. The standard InChI is InChI=1S/C13H15N3O/c1-9(2)16-13(17)11-5-3-10(4-6-11)12-7-14-15-8-12/h3-9H,1-2H3,(H,14,15)(H,16,17). The molecule has 0 aliphatic heterocycles. The Morgan fingerprint density at radius 1 is 1.24 bits per heavy atom. The number of H-pyrrole nitrogens is 1. The fourth-order valence-corrected chi connectivity index (χ4v) is 1.57. The van der Waals surface area contributed by atoms with Gasteiger partial charge in [0.05, 0.1) is 6.20 Å². The Morgan fingerprint density at radius 3 is 2.47 bits per heavy atom. The average molecular weight is 229 g/mol. The monoisotopic (exact) mass is 229 g/mol. The Hall–Kier alpha value is -2.10. The maximum Gasteiger partial charge on any atom is 0.251 e. The Kier molecular flexibility index (Phi) is 3.23. The number of hydrogen-bond acceptors (Lipinski definition) is 2. The van der Waals surface area contributed by atoms with E-state index in [0.29, 0.717) is 5.56 Å². The highest BCUT2D eigenvalue weighted by Gasteiger charge is 2.07. The molecule has 17 heavy (non-hydrogen) atoms. The largest absolute Gasteiger partial charge is 0.350 e. The third-order valence-corrected chi connectivity index (χ3v) is 2.40. The molecule has 88 valence electrons. The van der Waals surface area contributed by atoms with Crippen LogP contribution in [0.1, 0.15) is 24.2 Å². The molecule has 1 aromatic carbocycles. The molecule has 4 heteroatoms. The maximum absolute atomic E-state index is 11.7. The topological polar surface area (TPSA) is 57.8 Å². The number of hydrogen-bond donors (Lipinski definition) is 2. The molecule has 1 heterocycles. The fraction of sp³-hybridized carbons (Fsp3) is 0.231. The Balaban J connectivity index is 2.16. The molecule has 0 unspecified atom stereocenters. The second-order valence-corrected chi connectivity index (χ2v) is 4.19. The number of nitrogens with zero attached hydrogens (tertiary/aromatic N) is 1. The number of carbonyl (C=O) groups is 1. The van der Waals surface area contributed by atoms with Gasteiger partial charge in [-0.15, -0.1) is 0 Å². The molecular weight excluding hydrogens is 214 g/mol. The van der Waals surface area contributed by atoms with Crippen LogP contribution in [0.25, 0.3) is 11.1 Å². The van der Waals surface area contributed by atoms with Gasteiger partial charge < -0.3 is 5.32 Å². The quantitative estimate of drug-likeness (QED) is 0.847. The summed E-state index contributed by atoms with van der Waals surface area (Å²) in [6.07, 6.45) is 3.58. The van der Waals surface area contributed by atoms with E-state index >= 15 is 0 Å². The second-order valence-electron chi connectivity index (χ2n) is 4.19. The lowest BCUT2D eigenvalue weighted by Gasteiger charge is -2.08. The van der Waals surface area contributed by atoms with Crippen LogP contribution in [0.15, 0.2) is 36.7 Å². The summed E-state index contributed by atoms with van der Waals surface area (Å²) >= 11 is 0. The van der Waals surface area contributed by atoms with E-state index in [4.69, 9.17) is 0 Å². The first-order chi connectivity index (χ1) is 8.16. The van der Waals surface area contributed by atoms with Crippen molar-refractivity contribution in [1.82, 2.24) is 15.5 Å². The van der Waals surface area contributed by atoms with Crippen LogP contribution < -0.4 is 5.32 Å². The highest BCUT2D eigenvalue weighted by atomic mass is 16.1. The number of benzene rings is 1. The first-order valence-corrected chi connectivity index (χ1v) is 5.57. The molecule has 2 rings (SSSR count). The van der Waals surface area contributed by atoms with Gasteiger partial charge >= 0.3 is 0 Å². The molecule has 2 N–H and O–H groups in total. The summed E-state index contributed by atoms with van der Waals surface area (Å²) in [5, 5.41) is 9.51. The number of rotatable bonds is 3. The molecule has 0 bridgehead atoms. The molecule has 0 spiro atoms. The highest BCUT2D eigenvalue weighted by Crippen LogP contribution is 2.17. The van der Waals surface area contributed by atoms with Crippen LogP contribution in [0.4, 0.5) is 0 Å². The van der Waals surface area contributed by atoms with E-state index in [1.807, 2.05) is 44.3 Å². The fourth-order valence-electron chi connectivity index (χ4n) is 1.57. The zero-order valence-corrected chi connectivity index (χ0v) is 9.90. The zero-order chi connectivity index (χ0) is 12.3. The Labute approximate surface area is 100 Å². The van der Waals surface area contributed by atoms with Gasteiger partial charge in [0.25, 0.3) is 5.91 Å². The van der Waals surface area contributed by atoms with Crippen molar-refractivity contribution in [2.45, 2.75) is 19.9 Å². The summed E-state index contributed by atoms with van der Waals surface area (Å²) in [5.41, 5.74) is 2.73. The zero-order valence-electron chi connectivity index (χ0n) is 9.90. The van der Waals surface area contributed by atoms with Gasteiger partial charge in [0.1, 0.15) is 0 Å². The molecule has 1 aromatic heterocycles. The van der Waals surface area contributed by atoms with Gasteiger partial charge in [-0.05, 0) is 31.5 Å². The average Bonchev–Trinajstić information content (AvgIpc) is 2.82. The van der Waals surface area contributed by atoms with Gasteiger partial charge in [0.2, 0.25) is 0 Å². The molecule has 0 radical (unpaired) electrons. The number of amides is 1. The molecular formula is C13H15N3O. The van der Waals surface area contributed by atoms with Crippen LogP contribution in [0.2, 0.25) is 0 Å². The van der Waals surface area contributed by atoms with Crippen LogP contribution in [-0.4, -0.2) is 22.1 Å². The predicted octanol–water partition coefficient (Wildman–Crippen LogP) is 2.21. The lowest BCUT2D eigenvalue weighted by molar-refractivity contribution is 0.0943. The summed E-state index contributed by atoms with van der Waals surface area (Å²) < 4.78 is 0. The van der Waals surface area contributed by atoms with E-state index in [1.165, 1.54) is 0 Å². The van der Waals surface area contributed by atoms with Gasteiger partial charge in [-0.1, -0.05) is 12.1 Å². The van der Waals surface area contributed by atoms with Gasteiger partial charge in [-0.3, -0.25) is 9.89 Å². The van der Waals surface area contributed by atoms with Crippen molar-refractivity contribution < 1.29 is 4.79 Å². The third kappa shape index (κ3) is 2.72. The Morgan fingerprint density at radius 2 is 1.94 bits per heavy atom. The second kappa shape index (κ2) is 4.82.